The summed E-state index contributed by atoms with van der Waals surface area (Å²) in [6, 6.07) is 5.79. The summed E-state index contributed by atoms with van der Waals surface area (Å²) in [5.41, 5.74) is 0. The maximum absolute atomic E-state index is 13.0. The predicted molar refractivity (Wildman–Crippen MR) is 102 cm³/mol. The minimum atomic E-state index is -0.272. The fourth-order valence-corrected chi connectivity index (χ4v) is 3.63. The number of ether oxygens (including phenoxy) is 1. The Bertz CT molecular complexity index is 757. The Morgan fingerprint density at radius 2 is 2.04 bits per heavy atom. The van der Waals surface area contributed by atoms with Crippen LogP contribution >= 0.6 is 0 Å². The first-order valence-electron chi connectivity index (χ1n) is 9.65. The van der Waals surface area contributed by atoms with E-state index in [-0.39, 0.29) is 29.6 Å². The number of carbonyl (C=O) groups is 1. The van der Waals surface area contributed by atoms with E-state index in [9.17, 15) is 9.18 Å². The van der Waals surface area contributed by atoms with Crippen LogP contribution in [-0.2, 0) is 4.79 Å². The van der Waals surface area contributed by atoms with Crippen molar-refractivity contribution < 1.29 is 13.9 Å². The number of amides is 1. The van der Waals surface area contributed by atoms with Crippen LogP contribution in [0.5, 0.6) is 5.75 Å². The van der Waals surface area contributed by atoms with Crippen molar-refractivity contribution in [2.45, 2.75) is 45.6 Å². The number of likely N-dealkylation sites (tertiary alicyclic amines) is 1. The van der Waals surface area contributed by atoms with E-state index >= 15 is 0 Å². The van der Waals surface area contributed by atoms with Crippen LogP contribution in [0.3, 0.4) is 0 Å². The zero-order chi connectivity index (χ0) is 19.4. The topological polar surface area (TPSA) is 47.4 Å². The second-order valence-electron chi connectivity index (χ2n) is 7.58. The van der Waals surface area contributed by atoms with E-state index < -0.39 is 0 Å². The third kappa shape index (κ3) is 4.67. The highest BCUT2D eigenvalue weighted by Crippen LogP contribution is 2.23. The number of carbonyl (C=O) groups excluding carboxylic acids is 1. The van der Waals surface area contributed by atoms with Gasteiger partial charge in [0, 0.05) is 37.3 Å². The Balaban J connectivity index is 1.58. The number of nitrogens with zero attached hydrogens (tertiary/aromatic N) is 3. The molecule has 0 N–H and O–H groups in total. The maximum atomic E-state index is 13.0. The average Bonchev–Trinajstić information content (AvgIpc) is 3.17. The largest absolute Gasteiger partial charge is 0.493 e. The van der Waals surface area contributed by atoms with Crippen LogP contribution in [0.25, 0.3) is 0 Å². The van der Waals surface area contributed by atoms with Crippen molar-refractivity contribution in [1.82, 2.24) is 14.5 Å². The minimum absolute atomic E-state index is 0.126. The third-order valence-electron chi connectivity index (χ3n) is 5.12. The molecule has 0 radical (unpaired) electrons. The van der Waals surface area contributed by atoms with Gasteiger partial charge in [-0.15, -0.1) is 0 Å². The van der Waals surface area contributed by atoms with Crippen LogP contribution in [-0.4, -0.2) is 40.1 Å². The Morgan fingerprint density at radius 1 is 1.30 bits per heavy atom. The van der Waals surface area contributed by atoms with E-state index in [4.69, 9.17) is 4.74 Å². The lowest BCUT2D eigenvalue weighted by atomic mass is 9.98. The van der Waals surface area contributed by atoms with Gasteiger partial charge in [0.05, 0.1) is 6.61 Å². The minimum Gasteiger partial charge on any atom is -0.493 e. The van der Waals surface area contributed by atoms with Gasteiger partial charge in [0.1, 0.15) is 23.4 Å². The molecule has 1 fully saturated rings. The highest BCUT2D eigenvalue weighted by Gasteiger charge is 2.29. The zero-order valence-electron chi connectivity index (χ0n) is 16.3. The fraction of sp³-hybridized carbons (Fsp3) is 0.524. The first kappa shape index (κ1) is 19.4. The molecule has 0 bridgehead atoms. The normalized spacial score (nSPS) is 18.6. The molecule has 5 nitrogen and oxygen atoms in total. The fourth-order valence-electron chi connectivity index (χ4n) is 3.63. The van der Waals surface area contributed by atoms with Crippen LogP contribution in [0.1, 0.15) is 51.4 Å². The molecule has 27 heavy (non-hydrogen) atoms. The van der Waals surface area contributed by atoms with Crippen molar-refractivity contribution in [2.75, 3.05) is 19.7 Å². The summed E-state index contributed by atoms with van der Waals surface area (Å²) in [6.45, 7) is 8.11. The number of hydrogen-bond donors (Lipinski definition) is 0. The molecule has 2 aromatic rings. The molecule has 1 aliphatic heterocycles. The summed E-state index contributed by atoms with van der Waals surface area (Å²) >= 11 is 0. The number of benzene rings is 1. The molecule has 2 atom stereocenters. The van der Waals surface area contributed by atoms with E-state index in [0.717, 1.165) is 25.2 Å². The number of hydrogen-bond acceptors (Lipinski definition) is 3. The van der Waals surface area contributed by atoms with Crippen LogP contribution in [0.4, 0.5) is 4.39 Å². The van der Waals surface area contributed by atoms with Gasteiger partial charge in [-0.3, -0.25) is 4.79 Å². The second-order valence-corrected chi connectivity index (χ2v) is 7.58. The summed E-state index contributed by atoms with van der Waals surface area (Å²) in [4.78, 5) is 19.4. The maximum Gasteiger partial charge on any atom is 0.245 e. The summed E-state index contributed by atoms with van der Waals surface area (Å²) in [5.74, 6) is 2.01. The molecule has 0 spiro atoms. The van der Waals surface area contributed by atoms with Crippen LogP contribution in [0.15, 0.2) is 36.7 Å². The van der Waals surface area contributed by atoms with Gasteiger partial charge in [0.15, 0.2) is 0 Å². The van der Waals surface area contributed by atoms with Crippen molar-refractivity contribution in [3.8, 4) is 5.75 Å². The highest BCUT2D eigenvalue weighted by molar-refractivity contribution is 5.80. The van der Waals surface area contributed by atoms with E-state index in [1.807, 2.05) is 22.6 Å². The van der Waals surface area contributed by atoms with Crippen LogP contribution < -0.4 is 4.74 Å². The predicted octanol–water partition coefficient (Wildman–Crippen LogP) is 4.02. The smallest absolute Gasteiger partial charge is 0.245 e. The quantitative estimate of drug-likeness (QED) is 0.768. The van der Waals surface area contributed by atoms with Gasteiger partial charge in [-0.1, -0.05) is 13.8 Å². The lowest BCUT2D eigenvalue weighted by Gasteiger charge is -2.34. The lowest BCUT2D eigenvalue weighted by molar-refractivity contribution is -0.136. The second kappa shape index (κ2) is 8.55. The molecule has 1 aromatic carbocycles. The molecular formula is C21H28FN3O2. The Hall–Kier alpha value is -2.37. The number of halogens is 1. The summed E-state index contributed by atoms with van der Waals surface area (Å²) in [7, 11) is 0. The molecule has 1 saturated heterocycles. The first-order chi connectivity index (χ1) is 13.0. The van der Waals surface area contributed by atoms with Gasteiger partial charge in [0.25, 0.3) is 0 Å². The molecular weight excluding hydrogens is 345 g/mol. The Morgan fingerprint density at radius 3 is 2.74 bits per heavy atom. The van der Waals surface area contributed by atoms with Crippen LogP contribution in [0, 0.1) is 11.7 Å². The van der Waals surface area contributed by atoms with Gasteiger partial charge in [0.2, 0.25) is 5.91 Å². The first-order valence-corrected chi connectivity index (χ1v) is 9.65. The average molecular weight is 373 g/mol. The molecule has 146 valence electrons. The molecule has 1 aromatic heterocycles. The molecule has 6 heteroatoms. The number of imidazole rings is 1. The van der Waals surface area contributed by atoms with Gasteiger partial charge in [-0.05, 0) is 44.0 Å². The Kier molecular flexibility index (Phi) is 6.14. The lowest BCUT2D eigenvalue weighted by Crippen LogP contribution is -2.44. The molecule has 0 saturated carbocycles. The van der Waals surface area contributed by atoms with Gasteiger partial charge in [-0.25, -0.2) is 9.37 Å². The van der Waals surface area contributed by atoms with Gasteiger partial charge < -0.3 is 14.2 Å². The van der Waals surface area contributed by atoms with Gasteiger partial charge in [-0.2, -0.15) is 0 Å². The van der Waals surface area contributed by atoms with Crippen molar-refractivity contribution in [3.05, 3.63) is 48.3 Å². The highest BCUT2D eigenvalue weighted by atomic mass is 19.1. The van der Waals surface area contributed by atoms with E-state index in [0.29, 0.717) is 18.9 Å². The standard InChI is InChI=1S/C21H28FN3O2/c1-15(2)20-23-10-12-25(20)16(3)21(26)24-11-4-5-17(13-24)14-27-19-8-6-18(22)7-9-19/h6-10,12,15-17H,4-5,11,13-14H2,1-3H3/t16-,17+/m0/s1. The zero-order valence-corrected chi connectivity index (χ0v) is 16.3. The molecule has 1 amide bonds. The van der Waals surface area contributed by atoms with E-state index in [1.54, 1.807) is 18.3 Å². The molecule has 0 aliphatic carbocycles. The summed E-state index contributed by atoms with van der Waals surface area (Å²) in [6.07, 6.45) is 5.64. The van der Waals surface area contributed by atoms with Crippen molar-refractivity contribution >= 4 is 5.91 Å². The number of aromatic nitrogens is 2. The summed E-state index contributed by atoms with van der Waals surface area (Å²) in [5, 5.41) is 0. The number of rotatable bonds is 6. The summed E-state index contributed by atoms with van der Waals surface area (Å²) < 4.78 is 20.8. The third-order valence-corrected chi connectivity index (χ3v) is 5.12. The SMILES string of the molecule is CC(C)c1nccn1[C@@H](C)C(=O)N1CCC[C@@H](COc2ccc(F)cc2)C1. The van der Waals surface area contributed by atoms with Crippen LogP contribution in [0.2, 0.25) is 0 Å². The molecule has 1 aliphatic rings. The van der Waals surface area contributed by atoms with Gasteiger partial charge >= 0.3 is 0 Å². The van der Waals surface area contributed by atoms with E-state index in [1.165, 1.54) is 12.1 Å². The molecule has 2 heterocycles. The molecule has 3 rings (SSSR count). The monoisotopic (exact) mass is 373 g/mol. The Labute approximate surface area is 160 Å². The van der Waals surface area contributed by atoms with Crippen molar-refractivity contribution in [1.29, 1.82) is 0 Å². The van der Waals surface area contributed by atoms with Crippen molar-refractivity contribution in [2.24, 2.45) is 5.92 Å². The number of piperidine rings is 1. The van der Waals surface area contributed by atoms with E-state index in [2.05, 4.69) is 18.8 Å². The van der Waals surface area contributed by atoms with Crippen molar-refractivity contribution in [3.63, 3.8) is 0 Å². The molecule has 0 unspecified atom stereocenters.